The van der Waals surface area contributed by atoms with Gasteiger partial charge in [-0.25, -0.2) is 0 Å². The number of rotatable bonds is 1. The molecule has 0 aliphatic heterocycles. The summed E-state index contributed by atoms with van der Waals surface area (Å²) in [6.45, 7) is 0. The zero-order valence-electron chi connectivity index (χ0n) is 9.70. The van der Waals surface area contributed by atoms with E-state index in [9.17, 15) is 13.2 Å². The molecular formula is C14H9F3N2. The fourth-order valence-corrected chi connectivity index (χ4v) is 1.76. The Hall–Kier alpha value is -2.48. The van der Waals surface area contributed by atoms with Crippen LogP contribution in [0, 0.1) is 11.3 Å². The highest BCUT2D eigenvalue weighted by Crippen LogP contribution is 2.33. The minimum absolute atomic E-state index is 0.286. The summed E-state index contributed by atoms with van der Waals surface area (Å²) in [7, 11) is 0. The van der Waals surface area contributed by atoms with Crippen molar-refractivity contribution in [2.24, 2.45) is 0 Å². The van der Waals surface area contributed by atoms with Crippen LogP contribution in [0.4, 0.5) is 18.9 Å². The van der Waals surface area contributed by atoms with Gasteiger partial charge in [-0.3, -0.25) is 0 Å². The van der Waals surface area contributed by atoms with E-state index in [1.165, 1.54) is 30.3 Å². The molecule has 96 valence electrons. The van der Waals surface area contributed by atoms with Crippen LogP contribution in [0.2, 0.25) is 0 Å². The summed E-state index contributed by atoms with van der Waals surface area (Å²) in [5.74, 6) is 0. The molecule has 0 fully saturated rings. The largest absolute Gasteiger partial charge is 0.416 e. The topological polar surface area (TPSA) is 49.8 Å². The molecule has 0 aliphatic carbocycles. The maximum absolute atomic E-state index is 12.7. The summed E-state index contributed by atoms with van der Waals surface area (Å²) in [6.07, 6.45) is -4.41. The monoisotopic (exact) mass is 262 g/mol. The van der Waals surface area contributed by atoms with Crippen molar-refractivity contribution in [2.45, 2.75) is 6.18 Å². The summed E-state index contributed by atoms with van der Waals surface area (Å²) >= 11 is 0. The number of hydrogen-bond acceptors (Lipinski definition) is 2. The van der Waals surface area contributed by atoms with E-state index in [1.54, 1.807) is 0 Å². The third-order valence-electron chi connectivity index (χ3n) is 2.66. The van der Waals surface area contributed by atoms with Crippen LogP contribution in [0.25, 0.3) is 11.1 Å². The SMILES string of the molecule is N#Cc1ccc(N)cc1-c1cccc(C(F)(F)F)c1. The molecule has 0 bridgehead atoms. The van der Waals surface area contributed by atoms with E-state index in [1.807, 2.05) is 6.07 Å². The molecule has 2 rings (SSSR count). The molecule has 0 spiro atoms. The van der Waals surface area contributed by atoms with Gasteiger partial charge in [-0.15, -0.1) is 0 Å². The predicted octanol–water partition coefficient (Wildman–Crippen LogP) is 3.83. The highest BCUT2D eigenvalue weighted by molar-refractivity contribution is 5.74. The third kappa shape index (κ3) is 2.68. The number of alkyl halides is 3. The number of nitrogens with two attached hydrogens (primary N) is 1. The molecule has 2 nitrogen and oxygen atoms in total. The van der Waals surface area contributed by atoms with E-state index in [-0.39, 0.29) is 5.56 Å². The predicted molar refractivity (Wildman–Crippen MR) is 66.0 cm³/mol. The van der Waals surface area contributed by atoms with E-state index in [0.29, 0.717) is 16.8 Å². The van der Waals surface area contributed by atoms with Crippen molar-refractivity contribution in [2.75, 3.05) is 5.73 Å². The molecular weight excluding hydrogens is 253 g/mol. The first kappa shape index (κ1) is 13.0. The number of nitrogen functional groups attached to an aromatic ring is 1. The summed E-state index contributed by atoms with van der Waals surface area (Å²) in [5, 5.41) is 8.99. The second-order valence-electron chi connectivity index (χ2n) is 4.00. The zero-order chi connectivity index (χ0) is 14.0. The van der Waals surface area contributed by atoms with Crippen LogP contribution in [0.1, 0.15) is 11.1 Å². The van der Waals surface area contributed by atoms with Gasteiger partial charge in [-0.2, -0.15) is 18.4 Å². The number of nitrogens with zero attached hydrogens (tertiary/aromatic N) is 1. The minimum Gasteiger partial charge on any atom is -0.399 e. The van der Waals surface area contributed by atoms with E-state index in [4.69, 9.17) is 11.0 Å². The van der Waals surface area contributed by atoms with E-state index in [2.05, 4.69) is 0 Å². The average molecular weight is 262 g/mol. The highest BCUT2D eigenvalue weighted by atomic mass is 19.4. The molecule has 2 aromatic carbocycles. The number of anilines is 1. The van der Waals surface area contributed by atoms with Crippen molar-refractivity contribution in [3.63, 3.8) is 0 Å². The lowest BCUT2D eigenvalue weighted by Crippen LogP contribution is -2.04. The summed E-state index contributed by atoms with van der Waals surface area (Å²) < 4.78 is 38.0. The van der Waals surface area contributed by atoms with Crippen LogP contribution in [0.3, 0.4) is 0 Å². The van der Waals surface area contributed by atoms with Gasteiger partial charge in [0.25, 0.3) is 0 Å². The van der Waals surface area contributed by atoms with Gasteiger partial charge in [-0.05, 0) is 35.9 Å². The number of hydrogen-bond donors (Lipinski definition) is 1. The Bertz CT molecular complexity index is 654. The van der Waals surface area contributed by atoms with Crippen LogP contribution in [-0.4, -0.2) is 0 Å². The quantitative estimate of drug-likeness (QED) is 0.794. The van der Waals surface area contributed by atoms with E-state index < -0.39 is 11.7 Å². The fourth-order valence-electron chi connectivity index (χ4n) is 1.76. The van der Waals surface area contributed by atoms with Crippen molar-refractivity contribution in [1.29, 1.82) is 5.26 Å². The lowest BCUT2D eigenvalue weighted by atomic mass is 9.98. The first-order chi connectivity index (χ1) is 8.91. The van der Waals surface area contributed by atoms with Crippen molar-refractivity contribution in [3.8, 4) is 17.2 Å². The zero-order valence-corrected chi connectivity index (χ0v) is 9.70. The molecule has 5 heteroatoms. The second kappa shape index (κ2) is 4.65. The smallest absolute Gasteiger partial charge is 0.399 e. The van der Waals surface area contributed by atoms with Crippen molar-refractivity contribution in [3.05, 3.63) is 53.6 Å². The first-order valence-corrected chi connectivity index (χ1v) is 5.39. The van der Waals surface area contributed by atoms with Gasteiger partial charge in [0, 0.05) is 11.3 Å². The van der Waals surface area contributed by atoms with E-state index >= 15 is 0 Å². The molecule has 0 atom stereocenters. The van der Waals surface area contributed by atoms with Gasteiger partial charge >= 0.3 is 6.18 Å². The van der Waals surface area contributed by atoms with Crippen LogP contribution < -0.4 is 5.73 Å². The van der Waals surface area contributed by atoms with Gasteiger partial charge in [-0.1, -0.05) is 12.1 Å². The van der Waals surface area contributed by atoms with E-state index in [0.717, 1.165) is 12.1 Å². The maximum Gasteiger partial charge on any atom is 0.416 e. The van der Waals surface area contributed by atoms with Crippen LogP contribution in [-0.2, 0) is 6.18 Å². The molecule has 0 saturated carbocycles. The summed E-state index contributed by atoms with van der Waals surface area (Å²) in [4.78, 5) is 0. The Morgan fingerprint density at radius 3 is 2.42 bits per heavy atom. The van der Waals surface area contributed by atoms with Crippen LogP contribution in [0.5, 0.6) is 0 Å². The molecule has 0 unspecified atom stereocenters. The fraction of sp³-hybridized carbons (Fsp3) is 0.0714. The van der Waals surface area contributed by atoms with Crippen molar-refractivity contribution in [1.82, 2.24) is 0 Å². The molecule has 19 heavy (non-hydrogen) atoms. The number of benzene rings is 2. The second-order valence-corrected chi connectivity index (χ2v) is 4.00. The summed E-state index contributed by atoms with van der Waals surface area (Å²) in [5.41, 5.74) is 6.25. The lowest BCUT2D eigenvalue weighted by molar-refractivity contribution is -0.137. The highest BCUT2D eigenvalue weighted by Gasteiger charge is 2.30. The standard InChI is InChI=1S/C14H9F3N2/c15-14(16,17)11-3-1-2-9(6-11)13-7-12(19)5-4-10(13)8-18/h1-7H,19H2. The molecule has 2 aromatic rings. The first-order valence-electron chi connectivity index (χ1n) is 5.39. The van der Waals surface area contributed by atoms with Gasteiger partial charge in [0.1, 0.15) is 0 Å². The minimum atomic E-state index is -4.41. The lowest BCUT2D eigenvalue weighted by Gasteiger charge is -2.10. The Morgan fingerprint density at radius 2 is 1.79 bits per heavy atom. The average Bonchev–Trinajstić information content (AvgIpc) is 2.38. The van der Waals surface area contributed by atoms with Crippen LogP contribution in [0.15, 0.2) is 42.5 Å². The molecule has 0 saturated heterocycles. The number of halogens is 3. The Labute approximate surface area is 107 Å². The number of nitriles is 1. The maximum atomic E-state index is 12.7. The molecule has 0 radical (unpaired) electrons. The third-order valence-corrected chi connectivity index (χ3v) is 2.66. The normalized spacial score (nSPS) is 11.1. The molecule has 0 heterocycles. The Morgan fingerprint density at radius 1 is 1.05 bits per heavy atom. The molecule has 0 aliphatic rings. The van der Waals surface area contributed by atoms with Crippen molar-refractivity contribution >= 4 is 5.69 Å². The molecule has 0 aromatic heterocycles. The molecule has 2 N–H and O–H groups in total. The van der Waals surface area contributed by atoms with Crippen LogP contribution >= 0.6 is 0 Å². The van der Waals surface area contributed by atoms with Crippen molar-refractivity contribution < 1.29 is 13.2 Å². The van der Waals surface area contributed by atoms with Gasteiger partial charge < -0.3 is 5.73 Å². The van der Waals surface area contributed by atoms with Gasteiger partial charge in [0.15, 0.2) is 0 Å². The Balaban J connectivity index is 2.60. The van der Waals surface area contributed by atoms with Gasteiger partial charge in [0.05, 0.1) is 17.2 Å². The Kier molecular flexibility index (Phi) is 3.17. The summed E-state index contributed by atoms with van der Waals surface area (Å²) in [6, 6.07) is 11.3. The van der Waals surface area contributed by atoms with Gasteiger partial charge in [0.2, 0.25) is 0 Å². The molecule has 0 amide bonds.